The second kappa shape index (κ2) is 8.65. The molecule has 24 heavy (non-hydrogen) atoms. The Labute approximate surface area is 145 Å². The molecule has 5 heteroatoms. The van der Waals surface area contributed by atoms with Crippen molar-refractivity contribution in [2.24, 2.45) is 5.92 Å². The summed E-state index contributed by atoms with van der Waals surface area (Å²) in [5.74, 6) is 2.03. The molecule has 1 saturated heterocycles. The molecule has 0 spiro atoms. The van der Waals surface area contributed by atoms with Gasteiger partial charge >= 0.3 is 0 Å². The number of hydrogen-bond donors (Lipinski definition) is 2. The van der Waals surface area contributed by atoms with Crippen molar-refractivity contribution in [3.63, 3.8) is 0 Å². The van der Waals surface area contributed by atoms with E-state index >= 15 is 0 Å². The van der Waals surface area contributed by atoms with E-state index in [2.05, 4.69) is 27.1 Å². The lowest BCUT2D eigenvalue weighted by Gasteiger charge is -2.32. The molecular formula is C19H32N4O. The first-order chi connectivity index (χ1) is 11.7. The van der Waals surface area contributed by atoms with E-state index in [1.54, 1.807) is 0 Å². The summed E-state index contributed by atoms with van der Waals surface area (Å²) in [7, 11) is 0. The topological polar surface area (TPSA) is 61.0 Å². The standard InChI is InChI=1S/C19H32N4O/c1-2-3-6-18-20-12-17(21-18)14-23-11-4-5-15(13-23)7-10-19(24)22-16-8-9-16/h12,15-16H,2-11,13-14H2,1H3,(H,20,21)(H,22,24). The average Bonchev–Trinajstić information content (AvgIpc) is 3.28. The number of rotatable bonds is 9. The number of nitrogens with zero attached hydrogens (tertiary/aromatic N) is 2. The third-order valence-electron chi connectivity index (χ3n) is 5.17. The summed E-state index contributed by atoms with van der Waals surface area (Å²) in [6.45, 7) is 5.45. The lowest BCUT2D eigenvalue weighted by Crippen LogP contribution is -2.35. The molecular weight excluding hydrogens is 300 g/mol. The maximum absolute atomic E-state index is 11.9. The molecule has 2 N–H and O–H groups in total. The van der Waals surface area contributed by atoms with Crippen LogP contribution in [0.4, 0.5) is 0 Å². The Morgan fingerprint density at radius 1 is 1.42 bits per heavy atom. The van der Waals surface area contributed by atoms with E-state index in [9.17, 15) is 4.79 Å². The number of unbranched alkanes of at least 4 members (excludes halogenated alkanes) is 1. The van der Waals surface area contributed by atoms with Gasteiger partial charge in [-0.15, -0.1) is 0 Å². The van der Waals surface area contributed by atoms with Gasteiger partial charge < -0.3 is 10.3 Å². The molecule has 1 aromatic heterocycles. The van der Waals surface area contributed by atoms with Gasteiger partial charge in [-0.05, 0) is 51.0 Å². The minimum absolute atomic E-state index is 0.253. The molecule has 134 valence electrons. The summed E-state index contributed by atoms with van der Waals surface area (Å²) in [4.78, 5) is 22.3. The minimum Gasteiger partial charge on any atom is -0.353 e. The van der Waals surface area contributed by atoms with Crippen molar-refractivity contribution in [3.05, 3.63) is 17.7 Å². The maximum atomic E-state index is 11.9. The number of piperidine rings is 1. The summed E-state index contributed by atoms with van der Waals surface area (Å²) in [6.07, 6.45) is 12.0. The first kappa shape index (κ1) is 17.5. The second-order valence-corrected chi connectivity index (χ2v) is 7.58. The molecule has 1 aliphatic carbocycles. The zero-order valence-electron chi connectivity index (χ0n) is 15.0. The number of amides is 1. The second-order valence-electron chi connectivity index (χ2n) is 7.58. The number of nitrogens with one attached hydrogen (secondary N) is 2. The number of carbonyl (C=O) groups excluding carboxylic acids is 1. The zero-order valence-corrected chi connectivity index (χ0v) is 15.0. The van der Waals surface area contributed by atoms with Gasteiger partial charge in [0.15, 0.2) is 0 Å². The molecule has 1 unspecified atom stereocenters. The summed E-state index contributed by atoms with van der Waals surface area (Å²) >= 11 is 0. The Kier molecular flexibility index (Phi) is 6.30. The molecule has 1 atom stereocenters. The quantitative estimate of drug-likeness (QED) is 0.731. The molecule has 1 amide bonds. The van der Waals surface area contributed by atoms with E-state index in [1.165, 1.54) is 44.2 Å². The van der Waals surface area contributed by atoms with Crippen LogP contribution in [-0.4, -0.2) is 39.9 Å². The van der Waals surface area contributed by atoms with Gasteiger partial charge in [-0.25, -0.2) is 4.98 Å². The van der Waals surface area contributed by atoms with Gasteiger partial charge in [0.25, 0.3) is 0 Å². The molecule has 1 aliphatic heterocycles. The van der Waals surface area contributed by atoms with Crippen molar-refractivity contribution in [2.75, 3.05) is 13.1 Å². The van der Waals surface area contributed by atoms with E-state index in [4.69, 9.17) is 0 Å². The highest BCUT2D eigenvalue weighted by Gasteiger charge is 2.25. The largest absolute Gasteiger partial charge is 0.353 e. The highest BCUT2D eigenvalue weighted by molar-refractivity contribution is 5.76. The summed E-state index contributed by atoms with van der Waals surface area (Å²) < 4.78 is 0. The summed E-state index contributed by atoms with van der Waals surface area (Å²) in [5, 5.41) is 3.10. The van der Waals surface area contributed by atoms with E-state index < -0.39 is 0 Å². The average molecular weight is 332 g/mol. The number of likely N-dealkylation sites (tertiary alicyclic amines) is 1. The number of carbonyl (C=O) groups is 1. The van der Waals surface area contributed by atoms with E-state index in [0.29, 0.717) is 18.4 Å². The first-order valence-corrected chi connectivity index (χ1v) is 9.77. The van der Waals surface area contributed by atoms with Crippen molar-refractivity contribution in [1.82, 2.24) is 20.2 Å². The van der Waals surface area contributed by atoms with Crippen LogP contribution in [0.5, 0.6) is 0 Å². The number of H-pyrrole nitrogens is 1. The molecule has 5 nitrogen and oxygen atoms in total. The Morgan fingerprint density at radius 2 is 2.29 bits per heavy atom. The number of aromatic amines is 1. The molecule has 1 aromatic rings. The van der Waals surface area contributed by atoms with Crippen LogP contribution in [0.3, 0.4) is 0 Å². The smallest absolute Gasteiger partial charge is 0.220 e. The maximum Gasteiger partial charge on any atom is 0.220 e. The van der Waals surface area contributed by atoms with Crippen LogP contribution in [0, 0.1) is 5.92 Å². The number of hydrogen-bond acceptors (Lipinski definition) is 3. The van der Waals surface area contributed by atoms with Crippen LogP contribution in [0.25, 0.3) is 0 Å². The summed E-state index contributed by atoms with van der Waals surface area (Å²) in [6, 6.07) is 0.489. The predicted octanol–water partition coefficient (Wildman–Crippen LogP) is 3.02. The van der Waals surface area contributed by atoms with Crippen LogP contribution < -0.4 is 5.32 Å². The van der Waals surface area contributed by atoms with Crippen LogP contribution in [-0.2, 0) is 17.8 Å². The van der Waals surface area contributed by atoms with Gasteiger partial charge in [-0.2, -0.15) is 0 Å². The molecule has 2 fully saturated rings. The van der Waals surface area contributed by atoms with Crippen LogP contribution in [0.15, 0.2) is 6.20 Å². The van der Waals surface area contributed by atoms with Crippen molar-refractivity contribution in [2.45, 2.75) is 77.3 Å². The third kappa shape index (κ3) is 5.62. The van der Waals surface area contributed by atoms with Crippen molar-refractivity contribution >= 4 is 5.91 Å². The normalized spacial score (nSPS) is 21.8. The first-order valence-electron chi connectivity index (χ1n) is 9.77. The zero-order chi connectivity index (χ0) is 16.8. The van der Waals surface area contributed by atoms with Crippen LogP contribution in [0.2, 0.25) is 0 Å². The van der Waals surface area contributed by atoms with Gasteiger partial charge in [-0.1, -0.05) is 13.3 Å². The van der Waals surface area contributed by atoms with Crippen molar-refractivity contribution < 1.29 is 4.79 Å². The van der Waals surface area contributed by atoms with Crippen molar-refractivity contribution in [3.8, 4) is 0 Å². The molecule has 2 aliphatic rings. The van der Waals surface area contributed by atoms with Crippen LogP contribution in [0.1, 0.15) is 69.8 Å². The molecule has 0 aromatic carbocycles. The number of imidazole rings is 1. The Morgan fingerprint density at radius 3 is 3.08 bits per heavy atom. The van der Waals surface area contributed by atoms with Gasteiger partial charge in [0.1, 0.15) is 5.82 Å². The van der Waals surface area contributed by atoms with E-state index in [0.717, 1.165) is 38.3 Å². The fourth-order valence-electron chi connectivity index (χ4n) is 3.59. The molecule has 0 radical (unpaired) electrons. The van der Waals surface area contributed by atoms with Gasteiger partial charge in [0, 0.05) is 43.9 Å². The predicted molar refractivity (Wildman–Crippen MR) is 95.6 cm³/mol. The Hall–Kier alpha value is -1.36. The highest BCUT2D eigenvalue weighted by atomic mass is 16.1. The van der Waals surface area contributed by atoms with E-state index in [-0.39, 0.29) is 5.91 Å². The SMILES string of the molecule is CCCCc1ncc(CN2CCCC(CCC(=O)NC3CC3)C2)[nH]1. The summed E-state index contributed by atoms with van der Waals surface area (Å²) in [5.41, 5.74) is 1.23. The molecule has 0 bridgehead atoms. The van der Waals surface area contributed by atoms with Gasteiger partial charge in [0.2, 0.25) is 5.91 Å². The van der Waals surface area contributed by atoms with Gasteiger partial charge in [-0.3, -0.25) is 9.69 Å². The van der Waals surface area contributed by atoms with E-state index in [1.807, 2.05) is 6.20 Å². The van der Waals surface area contributed by atoms with Crippen LogP contribution >= 0.6 is 0 Å². The Bertz CT molecular complexity index is 523. The highest BCUT2D eigenvalue weighted by Crippen LogP contribution is 2.23. The molecule has 3 rings (SSSR count). The lowest BCUT2D eigenvalue weighted by molar-refractivity contribution is -0.121. The van der Waals surface area contributed by atoms with Gasteiger partial charge in [0.05, 0.1) is 0 Å². The number of aromatic nitrogens is 2. The Balaban J connectivity index is 1.39. The minimum atomic E-state index is 0.253. The molecule has 2 heterocycles. The fourth-order valence-corrected chi connectivity index (χ4v) is 3.59. The van der Waals surface area contributed by atoms with Crippen molar-refractivity contribution in [1.29, 1.82) is 0 Å². The molecule has 1 saturated carbocycles. The third-order valence-corrected chi connectivity index (χ3v) is 5.17. The fraction of sp³-hybridized carbons (Fsp3) is 0.789. The monoisotopic (exact) mass is 332 g/mol. The number of aryl methyl sites for hydroxylation is 1. The lowest BCUT2D eigenvalue weighted by atomic mass is 9.93.